The minimum absolute atomic E-state index is 0.0651. The molecule has 0 saturated carbocycles. The molecule has 0 radical (unpaired) electrons. The van der Waals surface area contributed by atoms with Crippen molar-refractivity contribution in [2.24, 2.45) is 0 Å². The van der Waals surface area contributed by atoms with Crippen LogP contribution in [0.5, 0.6) is 0 Å². The lowest BCUT2D eigenvalue weighted by molar-refractivity contribution is -0.119. The number of rotatable bonds is 4. The molecule has 0 aliphatic heterocycles. The Balaban J connectivity index is 1.94. The molecule has 6 heteroatoms. The van der Waals surface area contributed by atoms with Gasteiger partial charge in [0.1, 0.15) is 5.82 Å². The highest BCUT2D eigenvalue weighted by molar-refractivity contribution is 6.30. The number of halogens is 2. The smallest absolute Gasteiger partial charge is 0.338 e. The first kappa shape index (κ1) is 17.0. The molecule has 1 N–H and O–H groups in total. The predicted octanol–water partition coefficient (Wildman–Crippen LogP) is 3.89. The normalized spacial score (nSPS) is 10.3. The zero-order valence-electron chi connectivity index (χ0n) is 12.7. The topological polar surface area (TPSA) is 55.4 Å². The zero-order valence-corrected chi connectivity index (χ0v) is 13.4. The van der Waals surface area contributed by atoms with Crippen molar-refractivity contribution in [1.29, 1.82) is 0 Å². The monoisotopic (exact) mass is 335 g/mol. The third-order valence-corrected chi connectivity index (χ3v) is 3.51. The van der Waals surface area contributed by atoms with Gasteiger partial charge >= 0.3 is 5.97 Å². The molecule has 0 saturated heterocycles. The van der Waals surface area contributed by atoms with Gasteiger partial charge in [0, 0.05) is 5.02 Å². The summed E-state index contributed by atoms with van der Waals surface area (Å²) < 4.78 is 18.4. The van der Waals surface area contributed by atoms with E-state index in [1.54, 1.807) is 18.2 Å². The van der Waals surface area contributed by atoms with Crippen LogP contribution in [0.4, 0.5) is 10.1 Å². The fraction of sp³-hybridized carbons (Fsp3) is 0.176. The lowest BCUT2D eigenvalue weighted by Crippen LogP contribution is -2.21. The van der Waals surface area contributed by atoms with E-state index in [-0.39, 0.29) is 10.7 Å². The number of carbonyl (C=O) groups excluding carboxylic acids is 2. The van der Waals surface area contributed by atoms with Crippen LogP contribution >= 0.6 is 11.6 Å². The third kappa shape index (κ3) is 4.53. The van der Waals surface area contributed by atoms with E-state index in [0.29, 0.717) is 5.56 Å². The quantitative estimate of drug-likeness (QED) is 0.862. The first-order valence-corrected chi connectivity index (χ1v) is 7.24. The van der Waals surface area contributed by atoms with E-state index in [1.807, 2.05) is 13.8 Å². The predicted molar refractivity (Wildman–Crippen MR) is 86.2 cm³/mol. The molecule has 2 aromatic rings. The molecule has 120 valence electrons. The van der Waals surface area contributed by atoms with Crippen molar-refractivity contribution in [1.82, 2.24) is 0 Å². The number of nitrogens with one attached hydrogen (secondary N) is 1. The van der Waals surface area contributed by atoms with Gasteiger partial charge < -0.3 is 10.1 Å². The van der Waals surface area contributed by atoms with Crippen LogP contribution in [0.1, 0.15) is 21.5 Å². The van der Waals surface area contributed by atoms with Crippen LogP contribution < -0.4 is 5.32 Å². The van der Waals surface area contributed by atoms with Gasteiger partial charge in [0.05, 0.1) is 11.3 Å². The third-order valence-electron chi connectivity index (χ3n) is 3.28. The number of amides is 1. The number of carbonyl (C=O) groups is 2. The molecule has 0 aliphatic carbocycles. The van der Waals surface area contributed by atoms with E-state index in [4.69, 9.17) is 16.3 Å². The standard InChI is InChI=1S/C17H15ClFNO3/c1-10-3-4-12(7-11(10)2)17(22)23-9-16(21)20-15-8-13(18)5-6-14(15)19/h3-8H,9H2,1-2H3,(H,20,21). The number of hydrogen-bond donors (Lipinski definition) is 1. The summed E-state index contributed by atoms with van der Waals surface area (Å²) in [5.74, 6) is -1.89. The van der Waals surface area contributed by atoms with Crippen LogP contribution in [0.3, 0.4) is 0 Å². The van der Waals surface area contributed by atoms with Crippen molar-refractivity contribution >= 4 is 29.2 Å². The summed E-state index contributed by atoms with van der Waals surface area (Å²) in [5, 5.41) is 2.59. The zero-order chi connectivity index (χ0) is 17.0. The van der Waals surface area contributed by atoms with Gasteiger partial charge in [-0.3, -0.25) is 4.79 Å². The van der Waals surface area contributed by atoms with Crippen molar-refractivity contribution in [3.63, 3.8) is 0 Å². The van der Waals surface area contributed by atoms with Gasteiger partial charge in [-0.2, -0.15) is 0 Å². The van der Waals surface area contributed by atoms with Crippen LogP contribution in [-0.4, -0.2) is 18.5 Å². The Morgan fingerprint density at radius 3 is 2.57 bits per heavy atom. The molecule has 2 aromatic carbocycles. The number of anilines is 1. The molecule has 0 aliphatic rings. The van der Waals surface area contributed by atoms with E-state index in [1.165, 1.54) is 12.1 Å². The highest BCUT2D eigenvalue weighted by Gasteiger charge is 2.12. The minimum Gasteiger partial charge on any atom is -0.452 e. The fourth-order valence-electron chi connectivity index (χ4n) is 1.86. The van der Waals surface area contributed by atoms with Crippen molar-refractivity contribution in [2.45, 2.75) is 13.8 Å². The van der Waals surface area contributed by atoms with E-state index >= 15 is 0 Å². The Bertz CT molecular complexity index is 761. The second-order valence-electron chi connectivity index (χ2n) is 5.05. The lowest BCUT2D eigenvalue weighted by Gasteiger charge is -2.08. The molecule has 4 nitrogen and oxygen atoms in total. The molecule has 0 spiro atoms. The molecule has 0 aromatic heterocycles. The van der Waals surface area contributed by atoms with Crippen molar-refractivity contribution in [3.8, 4) is 0 Å². The van der Waals surface area contributed by atoms with E-state index in [2.05, 4.69) is 5.32 Å². The molecule has 0 atom stereocenters. The van der Waals surface area contributed by atoms with Crippen molar-refractivity contribution in [2.75, 3.05) is 11.9 Å². The van der Waals surface area contributed by atoms with Gasteiger partial charge in [-0.05, 0) is 55.3 Å². The molecule has 0 bridgehead atoms. The number of esters is 1. The van der Waals surface area contributed by atoms with E-state index < -0.39 is 24.3 Å². The number of benzene rings is 2. The highest BCUT2D eigenvalue weighted by atomic mass is 35.5. The maximum atomic E-state index is 13.5. The van der Waals surface area contributed by atoms with Gasteiger partial charge in [-0.25, -0.2) is 9.18 Å². The largest absolute Gasteiger partial charge is 0.452 e. The second kappa shape index (κ2) is 7.24. The molecule has 23 heavy (non-hydrogen) atoms. The van der Waals surface area contributed by atoms with Crippen LogP contribution in [0.2, 0.25) is 5.02 Å². The molecule has 1 amide bonds. The first-order valence-electron chi connectivity index (χ1n) is 6.86. The minimum atomic E-state index is -0.650. The van der Waals surface area contributed by atoms with Gasteiger partial charge in [-0.1, -0.05) is 17.7 Å². The fourth-order valence-corrected chi connectivity index (χ4v) is 2.03. The molecular weight excluding hydrogens is 321 g/mol. The Kier molecular flexibility index (Phi) is 5.34. The van der Waals surface area contributed by atoms with Gasteiger partial charge in [-0.15, -0.1) is 0 Å². The van der Waals surface area contributed by atoms with Crippen LogP contribution in [0, 0.1) is 19.7 Å². The Hall–Kier alpha value is -2.40. The molecule has 0 heterocycles. The SMILES string of the molecule is Cc1ccc(C(=O)OCC(=O)Nc2cc(Cl)ccc2F)cc1C. The van der Waals surface area contributed by atoms with E-state index in [9.17, 15) is 14.0 Å². The summed E-state index contributed by atoms with van der Waals surface area (Å²) in [7, 11) is 0. The summed E-state index contributed by atoms with van der Waals surface area (Å²) in [4.78, 5) is 23.6. The number of aryl methyl sites for hydroxylation is 2. The molecular formula is C17H15ClFNO3. The summed E-state index contributed by atoms with van der Waals surface area (Å²) >= 11 is 5.73. The molecule has 2 rings (SSSR count). The van der Waals surface area contributed by atoms with Crippen LogP contribution in [-0.2, 0) is 9.53 Å². The maximum absolute atomic E-state index is 13.5. The second-order valence-corrected chi connectivity index (χ2v) is 5.48. The Labute approximate surface area is 138 Å². The van der Waals surface area contributed by atoms with Crippen LogP contribution in [0.15, 0.2) is 36.4 Å². The Morgan fingerprint density at radius 2 is 1.87 bits per heavy atom. The number of hydrogen-bond acceptors (Lipinski definition) is 3. The molecule has 0 fully saturated rings. The summed E-state index contributed by atoms with van der Waals surface area (Å²) in [6.07, 6.45) is 0. The lowest BCUT2D eigenvalue weighted by atomic mass is 10.1. The highest BCUT2D eigenvalue weighted by Crippen LogP contribution is 2.19. The summed E-state index contributed by atoms with van der Waals surface area (Å²) in [6, 6.07) is 8.89. The first-order chi connectivity index (χ1) is 10.9. The van der Waals surface area contributed by atoms with Gasteiger partial charge in [0.25, 0.3) is 5.91 Å². The summed E-state index contributed by atoms with van der Waals surface area (Å²) in [6.45, 7) is 3.29. The summed E-state index contributed by atoms with van der Waals surface area (Å²) in [5.41, 5.74) is 2.29. The van der Waals surface area contributed by atoms with Gasteiger partial charge in [0.2, 0.25) is 0 Å². The Morgan fingerprint density at radius 1 is 1.13 bits per heavy atom. The van der Waals surface area contributed by atoms with E-state index in [0.717, 1.165) is 17.2 Å². The average Bonchev–Trinajstić information content (AvgIpc) is 2.51. The number of ether oxygens (including phenoxy) is 1. The maximum Gasteiger partial charge on any atom is 0.338 e. The van der Waals surface area contributed by atoms with Crippen LogP contribution in [0.25, 0.3) is 0 Å². The van der Waals surface area contributed by atoms with Gasteiger partial charge in [0.15, 0.2) is 6.61 Å². The average molecular weight is 336 g/mol. The molecule has 0 unspecified atom stereocenters. The van der Waals surface area contributed by atoms with Crippen molar-refractivity contribution < 1.29 is 18.7 Å². The van der Waals surface area contributed by atoms with Crippen molar-refractivity contribution in [3.05, 3.63) is 63.9 Å².